The average Bonchev–Trinajstić information content (AvgIpc) is 3.89. The number of amides is 5. The molecule has 5 heterocycles. The molecule has 0 saturated carbocycles. The Morgan fingerprint density at radius 1 is 0.731 bits per heavy atom. The van der Waals surface area contributed by atoms with Crippen LogP contribution in [0.1, 0.15) is 48.9 Å². The van der Waals surface area contributed by atoms with Crippen molar-refractivity contribution in [3.05, 3.63) is 82.9 Å². The minimum absolute atomic E-state index is 0. The largest absolute Gasteiger partial charge is 0.355 e. The number of hydrogen-bond donors (Lipinski definition) is 7. The van der Waals surface area contributed by atoms with E-state index in [4.69, 9.17) is 0 Å². The fraction of sp³-hybridized carbons (Fsp3) is 0.273. The van der Waals surface area contributed by atoms with Crippen molar-refractivity contribution in [3.63, 3.8) is 0 Å². The topological polar surface area (TPSA) is 202 Å². The summed E-state index contributed by atoms with van der Waals surface area (Å²) in [5.41, 5.74) is 2.74. The van der Waals surface area contributed by atoms with E-state index in [0.29, 0.717) is 47.5 Å². The Balaban J connectivity index is 0.00000605. The maximum absolute atomic E-state index is 13.2. The summed E-state index contributed by atoms with van der Waals surface area (Å²) in [6.07, 6.45) is 6.41. The van der Waals surface area contributed by atoms with Gasteiger partial charge < -0.3 is 55.5 Å². The molecule has 276 valence electrons. The summed E-state index contributed by atoms with van der Waals surface area (Å²) in [5.74, 6) is -1.38. The van der Waals surface area contributed by atoms with Gasteiger partial charge in [-0.3, -0.25) is 29.0 Å². The normalized spacial score (nSPS) is 12.5. The number of nitrogens with one attached hydrogen (secondary N) is 7. The first-order chi connectivity index (χ1) is 24.2. The molecule has 17 nitrogen and oxygen atoms in total. The maximum Gasteiger partial charge on any atom is 0.272 e. The highest BCUT2D eigenvalue weighted by Gasteiger charge is 2.20. The van der Waals surface area contributed by atoms with Gasteiger partial charge >= 0.3 is 0 Å². The van der Waals surface area contributed by atoms with Gasteiger partial charge in [-0.2, -0.15) is 0 Å². The van der Waals surface area contributed by atoms with Crippen molar-refractivity contribution in [2.24, 2.45) is 33.2 Å². The lowest BCUT2D eigenvalue weighted by Gasteiger charge is -2.16. The van der Waals surface area contributed by atoms with Gasteiger partial charge in [-0.25, -0.2) is 0 Å². The molecule has 4 aromatic rings. The van der Waals surface area contributed by atoms with Gasteiger partial charge in [0.05, 0.1) is 33.8 Å². The first-order valence-corrected chi connectivity index (χ1v) is 16.6. The first-order valence-electron chi connectivity index (χ1n) is 15.8. The number of aliphatic imine (C=N–C) groups is 1. The number of anilines is 4. The molecule has 1 aliphatic heterocycles. The number of carbonyl (C=O) groups excluding carboxylic acids is 5. The van der Waals surface area contributed by atoms with E-state index >= 15 is 0 Å². The summed E-state index contributed by atoms with van der Waals surface area (Å²) in [5, 5.41) is 20.2. The Labute approximate surface area is 313 Å². The molecule has 0 spiro atoms. The molecular weight excluding hydrogens is 760 g/mol. The van der Waals surface area contributed by atoms with Gasteiger partial charge in [0.25, 0.3) is 29.5 Å². The van der Waals surface area contributed by atoms with Crippen LogP contribution in [0.3, 0.4) is 0 Å². The molecule has 0 fully saturated rings. The summed E-state index contributed by atoms with van der Waals surface area (Å²) in [7, 11) is 6.70. The molecule has 0 radical (unpaired) electrons. The number of rotatable bonds is 12. The lowest BCUT2D eigenvalue weighted by atomic mass is 10.3. The predicted molar refractivity (Wildman–Crippen MR) is 205 cm³/mol. The predicted octanol–water partition coefficient (Wildman–Crippen LogP) is 2.73. The van der Waals surface area contributed by atoms with E-state index in [1.54, 1.807) is 77.3 Å². The quantitative estimate of drug-likeness (QED) is 0.107. The minimum atomic E-state index is -0.467. The van der Waals surface area contributed by atoms with Crippen molar-refractivity contribution in [1.29, 1.82) is 0 Å². The van der Waals surface area contributed by atoms with Gasteiger partial charge in [0, 0.05) is 72.1 Å². The van der Waals surface area contributed by atoms with Gasteiger partial charge in [0.2, 0.25) is 0 Å². The van der Waals surface area contributed by atoms with Crippen LogP contribution < -0.4 is 37.2 Å². The Bertz CT molecular complexity index is 2070. The number of hydrogen-bond acceptors (Lipinski definition) is 8. The average molecular weight is 800 g/mol. The van der Waals surface area contributed by atoms with Crippen molar-refractivity contribution < 1.29 is 24.0 Å². The molecule has 5 amide bonds. The maximum atomic E-state index is 13.2. The van der Waals surface area contributed by atoms with Crippen LogP contribution >= 0.6 is 28.3 Å². The van der Waals surface area contributed by atoms with Gasteiger partial charge in [0.1, 0.15) is 22.8 Å². The van der Waals surface area contributed by atoms with E-state index in [1.807, 2.05) is 6.92 Å². The summed E-state index contributed by atoms with van der Waals surface area (Å²) in [6, 6.07) is 6.10. The molecule has 4 aromatic heterocycles. The zero-order chi connectivity index (χ0) is 37.0. The summed E-state index contributed by atoms with van der Waals surface area (Å²) in [6.45, 7) is 7.33. The summed E-state index contributed by atoms with van der Waals surface area (Å²) in [4.78, 5) is 68.5. The van der Waals surface area contributed by atoms with Crippen LogP contribution in [0.4, 0.5) is 22.7 Å². The van der Waals surface area contributed by atoms with Gasteiger partial charge in [-0.1, -0.05) is 6.58 Å². The molecule has 1 atom stereocenters. The third kappa shape index (κ3) is 9.32. The molecule has 0 bridgehead atoms. The van der Waals surface area contributed by atoms with E-state index in [9.17, 15) is 24.0 Å². The lowest BCUT2D eigenvalue weighted by Crippen LogP contribution is -2.45. The second-order valence-corrected chi connectivity index (χ2v) is 13.0. The molecule has 19 heteroatoms. The molecule has 5 rings (SSSR count). The number of aryl methyl sites for hydroxylation is 4. The summed E-state index contributed by atoms with van der Waals surface area (Å²) < 4.78 is 6.46. The fourth-order valence-electron chi connectivity index (χ4n) is 5.33. The van der Waals surface area contributed by atoms with Crippen LogP contribution in [0.2, 0.25) is 0 Å². The number of halogens is 2. The van der Waals surface area contributed by atoms with Crippen molar-refractivity contribution in [2.45, 2.75) is 13.0 Å². The fourth-order valence-corrected chi connectivity index (χ4v) is 5.43. The van der Waals surface area contributed by atoms with Crippen molar-refractivity contribution >= 4 is 86.6 Å². The SMILES string of the molecule is C=C(Br)C(=O)Nc1cc(C(=O)Nc2cc(C(=O)Nc3cc(C(=O)Nc4cc(C(=O)NCC(C)NC5=NCCN5)n(C)c4)n(C)c3)n(C)c2)n(C)c1.Cl. The zero-order valence-electron chi connectivity index (χ0n) is 29.1. The van der Waals surface area contributed by atoms with Crippen molar-refractivity contribution in [3.8, 4) is 0 Å². The van der Waals surface area contributed by atoms with Gasteiger partial charge in [-0.05, 0) is 47.1 Å². The monoisotopic (exact) mass is 798 g/mol. The van der Waals surface area contributed by atoms with E-state index in [1.165, 1.54) is 18.2 Å². The summed E-state index contributed by atoms with van der Waals surface area (Å²) >= 11 is 3.02. The van der Waals surface area contributed by atoms with Gasteiger partial charge in [0.15, 0.2) is 5.96 Å². The molecule has 0 aromatic carbocycles. The van der Waals surface area contributed by atoms with Crippen LogP contribution in [-0.4, -0.2) is 79.4 Å². The Kier molecular flexibility index (Phi) is 12.4. The molecule has 52 heavy (non-hydrogen) atoms. The van der Waals surface area contributed by atoms with Crippen molar-refractivity contribution in [2.75, 3.05) is 40.9 Å². The number of aromatic nitrogens is 4. The van der Waals surface area contributed by atoms with E-state index in [-0.39, 0.29) is 45.9 Å². The molecule has 0 saturated heterocycles. The van der Waals surface area contributed by atoms with Crippen LogP contribution in [0.5, 0.6) is 0 Å². The second-order valence-electron chi connectivity index (χ2n) is 12.0. The van der Waals surface area contributed by atoms with E-state index in [2.05, 4.69) is 64.7 Å². The Hall–Kier alpha value is -5.75. The highest BCUT2D eigenvalue weighted by molar-refractivity contribution is 9.12. The van der Waals surface area contributed by atoms with Crippen LogP contribution in [0, 0.1) is 0 Å². The number of nitrogens with zero attached hydrogens (tertiary/aromatic N) is 5. The number of guanidine groups is 1. The Morgan fingerprint density at radius 2 is 1.12 bits per heavy atom. The van der Waals surface area contributed by atoms with Gasteiger partial charge in [-0.15, -0.1) is 12.4 Å². The molecule has 7 N–H and O–H groups in total. The van der Waals surface area contributed by atoms with Crippen LogP contribution in [0.15, 0.2) is 65.1 Å². The lowest BCUT2D eigenvalue weighted by molar-refractivity contribution is -0.112. The van der Waals surface area contributed by atoms with Crippen molar-refractivity contribution in [1.82, 2.24) is 34.2 Å². The highest BCUT2D eigenvalue weighted by atomic mass is 79.9. The Morgan fingerprint density at radius 3 is 1.48 bits per heavy atom. The number of carbonyl (C=O) groups is 5. The molecule has 1 unspecified atom stereocenters. The third-order valence-electron chi connectivity index (χ3n) is 7.85. The molecular formula is C33H40BrClN12O5. The van der Waals surface area contributed by atoms with Crippen LogP contribution in [-0.2, 0) is 33.0 Å². The van der Waals surface area contributed by atoms with E-state index < -0.39 is 23.6 Å². The zero-order valence-corrected chi connectivity index (χ0v) is 31.5. The third-order valence-corrected chi connectivity index (χ3v) is 8.21. The highest BCUT2D eigenvalue weighted by Crippen LogP contribution is 2.21. The minimum Gasteiger partial charge on any atom is -0.355 e. The van der Waals surface area contributed by atoms with E-state index in [0.717, 1.165) is 6.54 Å². The second kappa shape index (κ2) is 16.5. The standard InChI is InChI=1S/C33H39BrN12O5.ClH/c1-18(38-33-35-7-8-36-33)13-37-29(48)24-9-21(15-43(24)3)40-31(50)26-11-23(17-45(26)5)42-32(51)27-12-22(16-46(27)6)41-30(49)25-10-20(14-44(25)4)39-28(47)19(2)34;/h9-12,14-18H,2,7-8,13H2,1,3-6H3,(H,37,48)(H,39,47)(H,40,50)(H,41,49)(H,42,51)(H2,35,36,38);1H. The molecule has 0 aliphatic carbocycles. The first kappa shape index (κ1) is 39.0. The van der Waals surface area contributed by atoms with Crippen LogP contribution in [0.25, 0.3) is 0 Å². The molecule has 1 aliphatic rings. The smallest absolute Gasteiger partial charge is 0.272 e.